The van der Waals surface area contributed by atoms with Gasteiger partial charge in [0, 0.05) is 17.6 Å². The first-order valence-corrected chi connectivity index (χ1v) is 11.4. The van der Waals surface area contributed by atoms with Crippen molar-refractivity contribution in [3.63, 3.8) is 0 Å². The minimum atomic E-state index is -0.0851. The lowest BCUT2D eigenvalue weighted by Gasteiger charge is -2.36. The lowest BCUT2D eigenvalue weighted by atomic mass is 9.86. The third-order valence-corrected chi connectivity index (χ3v) is 6.87. The van der Waals surface area contributed by atoms with E-state index in [9.17, 15) is 9.59 Å². The molecule has 2 aromatic carbocycles. The molecule has 0 spiro atoms. The second-order valence-corrected chi connectivity index (χ2v) is 9.22. The van der Waals surface area contributed by atoms with Gasteiger partial charge in [-0.1, -0.05) is 19.1 Å². The number of carbonyl (C=O) groups is 1. The molecule has 0 unspecified atom stereocenters. The van der Waals surface area contributed by atoms with Gasteiger partial charge in [-0.2, -0.15) is 0 Å². The fourth-order valence-corrected chi connectivity index (χ4v) is 4.95. The summed E-state index contributed by atoms with van der Waals surface area (Å²) in [4.78, 5) is 33.2. The lowest BCUT2D eigenvalue weighted by Crippen LogP contribution is -2.43. The molecule has 0 radical (unpaired) electrons. The van der Waals surface area contributed by atoms with Gasteiger partial charge in [0.1, 0.15) is 5.82 Å². The average molecular weight is 416 g/mol. The van der Waals surface area contributed by atoms with E-state index in [1.807, 2.05) is 49.4 Å². The second-order valence-electron chi connectivity index (χ2n) is 9.22. The van der Waals surface area contributed by atoms with Crippen LogP contribution in [0.25, 0.3) is 16.6 Å². The van der Waals surface area contributed by atoms with Crippen LogP contribution in [0.2, 0.25) is 0 Å². The molecule has 2 saturated carbocycles. The van der Waals surface area contributed by atoms with Crippen molar-refractivity contribution in [2.24, 2.45) is 5.92 Å². The number of aryl methyl sites for hydroxylation is 1. The summed E-state index contributed by atoms with van der Waals surface area (Å²) in [5.41, 5.74) is 2.06. The third-order valence-electron chi connectivity index (χ3n) is 6.87. The van der Waals surface area contributed by atoms with Crippen molar-refractivity contribution >= 4 is 16.8 Å². The highest BCUT2D eigenvalue weighted by molar-refractivity contribution is 5.95. The van der Waals surface area contributed by atoms with Gasteiger partial charge in [0.05, 0.1) is 16.6 Å². The van der Waals surface area contributed by atoms with Gasteiger partial charge in [-0.05, 0) is 87.8 Å². The zero-order chi connectivity index (χ0) is 21.5. The van der Waals surface area contributed by atoms with Gasteiger partial charge in [0.15, 0.2) is 0 Å². The van der Waals surface area contributed by atoms with Crippen molar-refractivity contribution in [1.82, 2.24) is 14.5 Å². The molecule has 0 aliphatic heterocycles. The van der Waals surface area contributed by atoms with Gasteiger partial charge in [-0.3, -0.25) is 14.2 Å². The van der Waals surface area contributed by atoms with Crippen molar-refractivity contribution in [1.29, 1.82) is 0 Å². The van der Waals surface area contributed by atoms with Crippen LogP contribution in [0.15, 0.2) is 53.3 Å². The smallest absolute Gasteiger partial charge is 0.265 e. The summed E-state index contributed by atoms with van der Waals surface area (Å²) < 4.78 is 1.62. The average Bonchev–Trinajstić information content (AvgIpc) is 3.61. The SMILES string of the molecule is Cc1nc2ccccc2c(=O)n1-c1ccc(C(=O)N(C2CCC(C)CC2)C2CC2)cc1. The molecule has 31 heavy (non-hydrogen) atoms. The molecule has 2 aliphatic rings. The van der Waals surface area contributed by atoms with Crippen LogP contribution in [-0.2, 0) is 0 Å². The van der Waals surface area contributed by atoms with Gasteiger partial charge in [-0.25, -0.2) is 4.98 Å². The molecule has 2 aliphatic carbocycles. The van der Waals surface area contributed by atoms with Crippen LogP contribution < -0.4 is 5.56 Å². The maximum atomic E-state index is 13.4. The highest BCUT2D eigenvalue weighted by Gasteiger charge is 2.38. The van der Waals surface area contributed by atoms with Crippen LogP contribution in [0.3, 0.4) is 0 Å². The maximum Gasteiger partial charge on any atom is 0.265 e. The van der Waals surface area contributed by atoms with E-state index in [1.54, 1.807) is 10.6 Å². The number of rotatable bonds is 4. The number of nitrogens with zero attached hydrogens (tertiary/aromatic N) is 3. The number of hydrogen-bond acceptors (Lipinski definition) is 3. The number of para-hydroxylation sites is 1. The molecule has 0 atom stereocenters. The molecule has 0 N–H and O–H groups in total. The summed E-state index contributed by atoms with van der Waals surface area (Å²) in [7, 11) is 0. The zero-order valence-electron chi connectivity index (χ0n) is 18.3. The Morgan fingerprint density at radius 1 is 0.935 bits per heavy atom. The van der Waals surface area contributed by atoms with E-state index >= 15 is 0 Å². The Kier molecular flexibility index (Phi) is 5.12. The highest BCUT2D eigenvalue weighted by Crippen LogP contribution is 2.36. The maximum absolute atomic E-state index is 13.4. The molecule has 1 aromatic heterocycles. The van der Waals surface area contributed by atoms with Crippen LogP contribution in [0.1, 0.15) is 61.6 Å². The Balaban J connectivity index is 1.44. The molecule has 160 valence electrons. The standard InChI is InChI=1S/C26H29N3O2/c1-17-7-11-21(12-8-17)29(22-15-16-22)25(30)19-9-13-20(14-10-19)28-18(2)27-24-6-4-3-5-23(24)26(28)31/h3-6,9-10,13-14,17,21-22H,7-8,11-12,15-16H2,1-2H3. The molecule has 0 saturated heterocycles. The van der Waals surface area contributed by atoms with E-state index in [0.29, 0.717) is 34.4 Å². The number of hydrogen-bond donors (Lipinski definition) is 0. The van der Waals surface area contributed by atoms with Gasteiger partial charge < -0.3 is 4.90 Å². The molecule has 2 fully saturated rings. The summed E-state index contributed by atoms with van der Waals surface area (Å²) >= 11 is 0. The highest BCUT2D eigenvalue weighted by atomic mass is 16.2. The van der Waals surface area contributed by atoms with Gasteiger partial charge in [0.25, 0.3) is 11.5 Å². The summed E-state index contributed by atoms with van der Waals surface area (Å²) in [6.07, 6.45) is 6.87. The fraction of sp³-hybridized carbons (Fsp3) is 0.423. The van der Waals surface area contributed by atoms with E-state index in [4.69, 9.17) is 0 Å². The molecule has 0 bridgehead atoms. The van der Waals surface area contributed by atoms with Gasteiger partial charge in [0.2, 0.25) is 0 Å². The molecule has 5 nitrogen and oxygen atoms in total. The molecular formula is C26H29N3O2. The van der Waals surface area contributed by atoms with E-state index in [-0.39, 0.29) is 11.5 Å². The van der Waals surface area contributed by atoms with Crippen LogP contribution in [0.4, 0.5) is 0 Å². The van der Waals surface area contributed by atoms with E-state index in [0.717, 1.165) is 37.3 Å². The zero-order valence-corrected chi connectivity index (χ0v) is 18.3. The van der Waals surface area contributed by atoms with Crippen LogP contribution in [0.5, 0.6) is 0 Å². The summed E-state index contributed by atoms with van der Waals surface area (Å²) in [6, 6.07) is 15.6. The minimum absolute atomic E-state index is 0.0851. The Morgan fingerprint density at radius 2 is 1.55 bits per heavy atom. The summed E-state index contributed by atoms with van der Waals surface area (Å²) in [5.74, 6) is 1.54. The molecule has 3 aromatic rings. The van der Waals surface area contributed by atoms with E-state index in [1.165, 1.54) is 12.8 Å². The monoisotopic (exact) mass is 415 g/mol. The van der Waals surface area contributed by atoms with Crippen LogP contribution >= 0.6 is 0 Å². The van der Waals surface area contributed by atoms with E-state index in [2.05, 4.69) is 16.8 Å². The topological polar surface area (TPSA) is 55.2 Å². The first kappa shape index (κ1) is 20.0. The molecule has 5 rings (SSSR count). The number of aromatic nitrogens is 2. The minimum Gasteiger partial charge on any atom is -0.333 e. The second kappa shape index (κ2) is 7.95. The number of carbonyl (C=O) groups excluding carboxylic acids is 1. The lowest BCUT2D eigenvalue weighted by molar-refractivity contribution is 0.0593. The number of benzene rings is 2. The molecule has 5 heteroatoms. The number of fused-ring (bicyclic) bond motifs is 1. The third kappa shape index (κ3) is 3.78. The fourth-order valence-electron chi connectivity index (χ4n) is 4.95. The quantitative estimate of drug-likeness (QED) is 0.610. The van der Waals surface area contributed by atoms with Gasteiger partial charge in [-0.15, -0.1) is 0 Å². The summed E-state index contributed by atoms with van der Waals surface area (Å²) in [5, 5.41) is 0.597. The molecule has 1 heterocycles. The van der Waals surface area contributed by atoms with Crippen molar-refractivity contribution in [3.8, 4) is 5.69 Å². The molecule has 1 amide bonds. The van der Waals surface area contributed by atoms with Crippen molar-refractivity contribution in [2.45, 2.75) is 64.5 Å². The van der Waals surface area contributed by atoms with Crippen molar-refractivity contribution in [2.75, 3.05) is 0 Å². The Morgan fingerprint density at radius 3 is 2.19 bits per heavy atom. The summed E-state index contributed by atoms with van der Waals surface area (Å²) in [6.45, 7) is 4.15. The van der Waals surface area contributed by atoms with Crippen molar-refractivity contribution < 1.29 is 4.79 Å². The largest absolute Gasteiger partial charge is 0.333 e. The Hall–Kier alpha value is -2.95. The van der Waals surface area contributed by atoms with E-state index < -0.39 is 0 Å². The molecular weight excluding hydrogens is 386 g/mol. The van der Waals surface area contributed by atoms with Crippen LogP contribution in [0, 0.1) is 12.8 Å². The normalized spacial score (nSPS) is 21.2. The number of amides is 1. The van der Waals surface area contributed by atoms with Gasteiger partial charge >= 0.3 is 0 Å². The van der Waals surface area contributed by atoms with Crippen LogP contribution in [-0.4, -0.2) is 32.4 Å². The first-order chi connectivity index (χ1) is 15.0. The first-order valence-electron chi connectivity index (χ1n) is 11.4. The predicted octanol–water partition coefficient (Wildman–Crippen LogP) is 4.88. The Bertz CT molecular complexity index is 1170. The van der Waals surface area contributed by atoms with Crippen molar-refractivity contribution in [3.05, 3.63) is 70.3 Å². The predicted molar refractivity (Wildman–Crippen MR) is 123 cm³/mol. The Labute approximate surface area is 182 Å².